The smallest absolute Gasteiger partial charge is 0.315 e. The quantitative estimate of drug-likeness (QED) is 0.777. The minimum absolute atomic E-state index is 0.0529. The molecule has 0 amide bonds. The lowest BCUT2D eigenvalue weighted by Gasteiger charge is -2.30. The molecule has 110 valence electrons. The van der Waals surface area contributed by atoms with Crippen LogP contribution in [0.1, 0.15) is 19.8 Å². The number of aromatic nitrogens is 1. The van der Waals surface area contributed by atoms with E-state index >= 15 is 0 Å². The lowest BCUT2D eigenvalue weighted by molar-refractivity contribution is -0.140. The van der Waals surface area contributed by atoms with Crippen molar-refractivity contribution in [3.63, 3.8) is 0 Å². The van der Waals surface area contributed by atoms with Gasteiger partial charge in [-0.2, -0.15) is 0 Å². The Labute approximate surface area is 118 Å². The minimum Gasteiger partial charge on any atom is -0.425 e. The number of hydrogen-bond acceptors (Lipinski definition) is 5. The molecule has 7 heteroatoms. The molecular formula is C13H18N2O4S. The van der Waals surface area contributed by atoms with Crippen LogP contribution in [0, 0.1) is 5.92 Å². The normalized spacial score (nSPS) is 20.6. The summed E-state index contributed by atoms with van der Waals surface area (Å²) >= 11 is 0. The Bertz CT molecular complexity index is 559. The number of piperidine rings is 1. The third-order valence-electron chi connectivity index (χ3n) is 3.33. The van der Waals surface area contributed by atoms with E-state index in [0.29, 0.717) is 25.1 Å². The Hall–Kier alpha value is -1.47. The predicted molar refractivity (Wildman–Crippen MR) is 73.6 cm³/mol. The average Bonchev–Trinajstić information content (AvgIpc) is 2.48. The first-order valence-corrected chi connectivity index (χ1v) is 8.23. The molecule has 1 aromatic heterocycles. The van der Waals surface area contributed by atoms with E-state index < -0.39 is 21.9 Å². The molecule has 2 heterocycles. The first-order valence-electron chi connectivity index (χ1n) is 6.62. The lowest BCUT2D eigenvalue weighted by atomic mass is 10.00. The van der Waals surface area contributed by atoms with Crippen LogP contribution in [0.5, 0.6) is 5.75 Å². The number of sulfonamides is 1. The van der Waals surface area contributed by atoms with Gasteiger partial charge in [-0.1, -0.05) is 0 Å². The molecule has 20 heavy (non-hydrogen) atoms. The van der Waals surface area contributed by atoms with E-state index in [1.165, 1.54) is 10.5 Å². The second-order valence-electron chi connectivity index (χ2n) is 4.71. The second kappa shape index (κ2) is 6.32. The largest absolute Gasteiger partial charge is 0.425 e. The van der Waals surface area contributed by atoms with Crippen molar-refractivity contribution in [3.05, 3.63) is 24.5 Å². The maximum atomic E-state index is 12.1. The number of carbonyl (C=O) groups excluding carboxylic acids is 1. The first kappa shape index (κ1) is 14.9. The maximum Gasteiger partial charge on any atom is 0.315 e. The van der Waals surface area contributed by atoms with Crippen molar-refractivity contribution in [2.75, 3.05) is 18.8 Å². The molecule has 1 fully saturated rings. The fourth-order valence-corrected chi connectivity index (χ4v) is 3.36. The molecule has 1 saturated heterocycles. The molecular weight excluding hydrogens is 280 g/mol. The van der Waals surface area contributed by atoms with Crippen molar-refractivity contribution in [1.29, 1.82) is 0 Å². The molecule has 2 rings (SSSR count). The van der Waals surface area contributed by atoms with Crippen molar-refractivity contribution in [1.82, 2.24) is 9.29 Å². The van der Waals surface area contributed by atoms with Gasteiger partial charge >= 0.3 is 5.97 Å². The van der Waals surface area contributed by atoms with E-state index in [1.807, 2.05) is 0 Å². The highest BCUT2D eigenvalue weighted by molar-refractivity contribution is 7.89. The van der Waals surface area contributed by atoms with Crippen LogP contribution in [-0.2, 0) is 14.8 Å². The number of esters is 1. The van der Waals surface area contributed by atoms with Gasteiger partial charge in [0.1, 0.15) is 5.75 Å². The van der Waals surface area contributed by atoms with Crippen LogP contribution in [0.3, 0.4) is 0 Å². The Morgan fingerprint density at radius 3 is 3.00 bits per heavy atom. The average molecular weight is 298 g/mol. The topological polar surface area (TPSA) is 76.6 Å². The Kier molecular flexibility index (Phi) is 4.72. The zero-order chi connectivity index (χ0) is 14.6. The summed E-state index contributed by atoms with van der Waals surface area (Å²) < 4.78 is 30.3. The van der Waals surface area contributed by atoms with E-state index in [4.69, 9.17) is 4.74 Å². The standard InChI is InChI=1S/C13H18N2O4S/c1-2-20(17,18)15-8-4-5-11(10-15)13(16)19-12-6-3-7-14-9-12/h3,6-7,9,11H,2,4-5,8,10H2,1H3/t11-/m1/s1. The van der Waals surface area contributed by atoms with E-state index in [9.17, 15) is 13.2 Å². The highest BCUT2D eigenvalue weighted by atomic mass is 32.2. The SMILES string of the molecule is CCS(=O)(=O)N1CCC[C@@H](C(=O)Oc2cccnc2)C1. The third kappa shape index (κ3) is 3.55. The summed E-state index contributed by atoms with van der Waals surface area (Å²) in [6.45, 7) is 2.29. The zero-order valence-electron chi connectivity index (χ0n) is 11.4. The first-order chi connectivity index (χ1) is 9.53. The van der Waals surface area contributed by atoms with Crippen molar-refractivity contribution >= 4 is 16.0 Å². The zero-order valence-corrected chi connectivity index (χ0v) is 12.2. The van der Waals surface area contributed by atoms with Gasteiger partial charge in [-0.3, -0.25) is 9.78 Å². The maximum absolute atomic E-state index is 12.1. The summed E-state index contributed by atoms with van der Waals surface area (Å²) in [5.74, 6) is -0.371. The summed E-state index contributed by atoms with van der Waals surface area (Å²) in [5, 5.41) is 0. The van der Waals surface area contributed by atoms with Crippen molar-refractivity contribution in [3.8, 4) is 5.75 Å². The molecule has 0 bridgehead atoms. The van der Waals surface area contributed by atoms with Gasteiger partial charge in [0, 0.05) is 19.3 Å². The van der Waals surface area contributed by atoms with Crippen molar-refractivity contribution in [2.45, 2.75) is 19.8 Å². The summed E-state index contributed by atoms with van der Waals surface area (Å²) in [6.07, 6.45) is 4.37. The summed E-state index contributed by atoms with van der Waals surface area (Å²) in [5.41, 5.74) is 0. The fraction of sp³-hybridized carbons (Fsp3) is 0.538. The minimum atomic E-state index is -3.25. The van der Waals surface area contributed by atoms with Gasteiger partial charge in [-0.05, 0) is 31.9 Å². The summed E-state index contributed by atoms with van der Waals surface area (Å²) in [4.78, 5) is 15.9. The van der Waals surface area contributed by atoms with Crippen LogP contribution >= 0.6 is 0 Å². The molecule has 0 saturated carbocycles. The van der Waals surface area contributed by atoms with E-state index in [1.54, 1.807) is 25.3 Å². The molecule has 6 nitrogen and oxygen atoms in total. The van der Waals surface area contributed by atoms with E-state index in [2.05, 4.69) is 4.98 Å². The van der Waals surface area contributed by atoms with E-state index in [0.717, 1.165) is 0 Å². The molecule has 0 aliphatic carbocycles. The van der Waals surface area contributed by atoms with Crippen LogP contribution in [-0.4, -0.2) is 42.5 Å². The van der Waals surface area contributed by atoms with Gasteiger partial charge in [-0.15, -0.1) is 0 Å². The highest BCUT2D eigenvalue weighted by Crippen LogP contribution is 2.21. The van der Waals surface area contributed by atoms with Crippen LogP contribution in [0.25, 0.3) is 0 Å². The van der Waals surface area contributed by atoms with Crippen molar-refractivity contribution < 1.29 is 17.9 Å². The Balaban J connectivity index is 2.00. The van der Waals surface area contributed by atoms with Crippen LogP contribution in [0.15, 0.2) is 24.5 Å². The van der Waals surface area contributed by atoms with Gasteiger partial charge in [0.25, 0.3) is 0 Å². The third-order valence-corrected chi connectivity index (χ3v) is 5.18. The molecule has 0 aromatic carbocycles. The molecule has 0 N–H and O–H groups in total. The van der Waals surface area contributed by atoms with Crippen LogP contribution < -0.4 is 4.74 Å². The van der Waals surface area contributed by atoms with Gasteiger partial charge in [-0.25, -0.2) is 12.7 Å². The Morgan fingerprint density at radius 1 is 1.55 bits per heavy atom. The summed E-state index contributed by atoms with van der Waals surface area (Å²) in [7, 11) is -3.25. The highest BCUT2D eigenvalue weighted by Gasteiger charge is 2.32. The second-order valence-corrected chi connectivity index (χ2v) is 6.97. The number of rotatable bonds is 4. The van der Waals surface area contributed by atoms with Crippen LogP contribution in [0.2, 0.25) is 0 Å². The molecule has 1 aromatic rings. The van der Waals surface area contributed by atoms with Gasteiger partial charge < -0.3 is 4.74 Å². The number of carbonyl (C=O) groups is 1. The molecule has 0 unspecified atom stereocenters. The molecule has 1 aliphatic heterocycles. The number of hydrogen-bond donors (Lipinski definition) is 0. The van der Waals surface area contributed by atoms with E-state index in [-0.39, 0.29) is 12.3 Å². The predicted octanol–water partition coefficient (Wildman–Crippen LogP) is 1.05. The molecule has 1 aliphatic rings. The van der Waals surface area contributed by atoms with Crippen LogP contribution in [0.4, 0.5) is 0 Å². The number of nitrogens with zero attached hydrogens (tertiary/aromatic N) is 2. The number of pyridine rings is 1. The molecule has 0 spiro atoms. The van der Waals surface area contributed by atoms with Gasteiger partial charge in [0.15, 0.2) is 0 Å². The summed E-state index contributed by atoms with van der Waals surface area (Å²) in [6, 6.07) is 3.33. The van der Waals surface area contributed by atoms with Gasteiger partial charge in [0.05, 0.1) is 17.9 Å². The van der Waals surface area contributed by atoms with Crippen molar-refractivity contribution in [2.24, 2.45) is 5.92 Å². The number of ether oxygens (including phenoxy) is 1. The monoisotopic (exact) mass is 298 g/mol. The molecule has 1 atom stereocenters. The Morgan fingerprint density at radius 2 is 2.35 bits per heavy atom. The van der Waals surface area contributed by atoms with Gasteiger partial charge in [0.2, 0.25) is 10.0 Å². The fourth-order valence-electron chi connectivity index (χ4n) is 2.18. The molecule has 0 radical (unpaired) electrons. The lowest BCUT2D eigenvalue weighted by Crippen LogP contribution is -2.43.